The molecule has 0 spiro atoms. The Balaban J connectivity index is 2.54. The lowest BCUT2D eigenvalue weighted by Crippen LogP contribution is -2.07. The van der Waals surface area contributed by atoms with E-state index in [9.17, 15) is 4.79 Å². The molecule has 0 radical (unpaired) electrons. The Labute approximate surface area is 122 Å². The van der Waals surface area contributed by atoms with E-state index in [1.165, 1.54) is 32.8 Å². The maximum atomic E-state index is 11.7. The van der Waals surface area contributed by atoms with Gasteiger partial charge in [-0.25, -0.2) is 4.79 Å². The molecule has 3 heteroatoms. The van der Waals surface area contributed by atoms with Crippen LogP contribution in [0.4, 0.5) is 0 Å². The molecule has 1 rings (SSSR count). The Kier molecular flexibility index (Phi) is 7.13. The van der Waals surface area contributed by atoms with Crippen LogP contribution in [0.1, 0.15) is 60.5 Å². The van der Waals surface area contributed by atoms with Gasteiger partial charge in [0.25, 0.3) is 0 Å². The van der Waals surface area contributed by atoms with Crippen LogP contribution in [-0.2, 0) is 4.74 Å². The molecule has 0 bridgehead atoms. The summed E-state index contributed by atoms with van der Waals surface area (Å²) in [6, 6.07) is 3.82. The number of hydrogen-bond acceptors (Lipinski definition) is 3. The molecule has 0 N–H and O–H groups in total. The molecule has 0 aromatic heterocycles. The maximum absolute atomic E-state index is 11.7. The zero-order valence-corrected chi connectivity index (χ0v) is 13.1. The van der Waals surface area contributed by atoms with E-state index >= 15 is 0 Å². The highest BCUT2D eigenvalue weighted by atomic mass is 16.5. The highest BCUT2D eigenvalue weighted by molar-refractivity contribution is 5.92. The van der Waals surface area contributed by atoms with Crippen LogP contribution >= 0.6 is 0 Å². The monoisotopic (exact) mass is 278 g/mol. The SMILES string of the molecule is CCCCCCCOc1cc(C)c(C(=O)OC)c(C)c1. The molecule has 0 heterocycles. The number of unbranched alkanes of at least 4 members (excludes halogenated alkanes) is 4. The van der Waals surface area contributed by atoms with E-state index in [0.29, 0.717) is 5.56 Å². The lowest BCUT2D eigenvalue weighted by Gasteiger charge is -2.12. The minimum atomic E-state index is -0.286. The van der Waals surface area contributed by atoms with Crippen LogP contribution in [0.5, 0.6) is 5.75 Å². The summed E-state index contributed by atoms with van der Waals surface area (Å²) in [6.07, 6.45) is 6.13. The summed E-state index contributed by atoms with van der Waals surface area (Å²) in [5, 5.41) is 0. The first-order valence-electron chi connectivity index (χ1n) is 7.42. The second kappa shape index (κ2) is 8.62. The highest BCUT2D eigenvalue weighted by Gasteiger charge is 2.13. The first kappa shape index (κ1) is 16.5. The molecule has 20 heavy (non-hydrogen) atoms. The molecule has 0 saturated carbocycles. The van der Waals surface area contributed by atoms with Gasteiger partial charge in [-0.15, -0.1) is 0 Å². The number of carbonyl (C=O) groups excluding carboxylic acids is 1. The van der Waals surface area contributed by atoms with Crippen LogP contribution in [0.3, 0.4) is 0 Å². The fourth-order valence-corrected chi connectivity index (χ4v) is 2.33. The predicted octanol–water partition coefficient (Wildman–Crippen LogP) is 4.44. The first-order valence-corrected chi connectivity index (χ1v) is 7.42. The van der Waals surface area contributed by atoms with Gasteiger partial charge in [-0.1, -0.05) is 32.6 Å². The van der Waals surface area contributed by atoms with Gasteiger partial charge in [0, 0.05) is 0 Å². The molecule has 112 valence electrons. The summed E-state index contributed by atoms with van der Waals surface area (Å²) in [5.41, 5.74) is 2.44. The summed E-state index contributed by atoms with van der Waals surface area (Å²) in [4.78, 5) is 11.7. The van der Waals surface area contributed by atoms with Gasteiger partial charge >= 0.3 is 5.97 Å². The summed E-state index contributed by atoms with van der Waals surface area (Å²) in [6.45, 7) is 6.77. The van der Waals surface area contributed by atoms with E-state index in [-0.39, 0.29) is 5.97 Å². The van der Waals surface area contributed by atoms with Crippen LogP contribution in [0, 0.1) is 13.8 Å². The van der Waals surface area contributed by atoms with E-state index in [1.54, 1.807) is 0 Å². The smallest absolute Gasteiger partial charge is 0.338 e. The molecule has 1 aromatic rings. The molecule has 3 nitrogen and oxygen atoms in total. The molecule has 0 atom stereocenters. The number of benzene rings is 1. The van der Waals surface area contributed by atoms with Crippen LogP contribution in [0.25, 0.3) is 0 Å². The first-order chi connectivity index (χ1) is 9.60. The Hall–Kier alpha value is -1.51. The van der Waals surface area contributed by atoms with Crippen molar-refractivity contribution in [2.45, 2.75) is 52.9 Å². The van der Waals surface area contributed by atoms with E-state index < -0.39 is 0 Å². The second-order valence-electron chi connectivity index (χ2n) is 5.19. The molecular weight excluding hydrogens is 252 g/mol. The van der Waals surface area contributed by atoms with Gasteiger partial charge in [-0.3, -0.25) is 0 Å². The minimum absolute atomic E-state index is 0.286. The van der Waals surface area contributed by atoms with Crippen molar-refractivity contribution < 1.29 is 14.3 Å². The second-order valence-corrected chi connectivity index (χ2v) is 5.19. The van der Waals surface area contributed by atoms with Crippen molar-refractivity contribution in [2.24, 2.45) is 0 Å². The standard InChI is InChI=1S/C17H26O3/c1-5-6-7-8-9-10-20-15-11-13(2)16(14(3)12-15)17(18)19-4/h11-12H,5-10H2,1-4H3. The van der Waals surface area contributed by atoms with E-state index in [4.69, 9.17) is 9.47 Å². The van der Waals surface area contributed by atoms with Crippen molar-refractivity contribution in [3.63, 3.8) is 0 Å². The quantitative estimate of drug-likeness (QED) is 0.521. The van der Waals surface area contributed by atoms with Gasteiger partial charge in [0.15, 0.2) is 0 Å². The summed E-state index contributed by atoms with van der Waals surface area (Å²) in [5.74, 6) is 0.550. The summed E-state index contributed by atoms with van der Waals surface area (Å²) in [7, 11) is 1.40. The topological polar surface area (TPSA) is 35.5 Å². The third kappa shape index (κ3) is 4.87. The zero-order valence-electron chi connectivity index (χ0n) is 13.1. The molecule has 0 aliphatic carbocycles. The minimum Gasteiger partial charge on any atom is -0.494 e. The van der Waals surface area contributed by atoms with Crippen molar-refractivity contribution >= 4 is 5.97 Å². The Bertz CT molecular complexity index is 415. The third-order valence-corrected chi connectivity index (χ3v) is 3.41. The van der Waals surface area contributed by atoms with Gasteiger partial charge in [0.05, 0.1) is 19.3 Å². The van der Waals surface area contributed by atoms with Gasteiger partial charge in [-0.05, 0) is 43.5 Å². The van der Waals surface area contributed by atoms with Crippen molar-refractivity contribution in [2.75, 3.05) is 13.7 Å². The molecule has 0 fully saturated rings. The number of carbonyl (C=O) groups is 1. The average Bonchev–Trinajstić information content (AvgIpc) is 2.41. The fourth-order valence-electron chi connectivity index (χ4n) is 2.33. The largest absolute Gasteiger partial charge is 0.494 e. The van der Waals surface area contributed by atoms with E-state index in [2.05, 4.69) is 6.92 Å². The number of rotatable bonds is 8. The van der Waals surface area contributed by atoms with E-state index in [1.807, 2.05) is 26.0 Å². The number of aryl methyl sites for hydroxylation is 2. The van der Waals surface area contributed by atoms with Crippen LogP contribution < -0.4 is 4.74 Å². The van der Waals surface area contributed by atoms with Gasteiger partial charge in [0.1, 0.15) is 5.75 Å². The lowest BCUT2D eigenvalue weighted by molar-refractivity contribution is 0.0599. The number of hydrogen-bond donors (Lipinski definition) is 0. The maximum Gasteiger partial charge on any atom is 0.338 e. The Morgan fingerprint density at radius 1 is 1.05 bits per heavy atom. The van der Waals surface area contributed by atoms with E-state index in [0.717, 1.165) is 29.9 Å². The van der Waals surface area contributed by atoms with Crippen molar-refractivity contribution in [3.05, 3.63) is 28.8 Å². The average molecular weight is 278 g/mol. The van der Waals surface area contributed by atoms with Crippen LogP contribution in [0.15, 0.2) is 12.1 Å². The predicted molar refractivity (Wildman–Crippen MR) is 81.5 cm³/mol. The lowest BCUT2D eigenvalue weighted by atomic mass is 10.0. The Morgan fingerprint density at radius 2 is 1.65 bits per heavy atom. The number of methoxy groups -OCH3 is 1. The number of ether oxygens (including phenoxy) is 2. The zero-order chi connectivity index (χ0) is 15.0. The van der Waals surface area contributed by atoms with Crippen LogP contribution in [-0.4, -0.2) is 19.7 Å². The third-order valence-electron chi connectivity index (χ3n) is 3.41. The summed E-state index contributed by atoms with van der Waals surface area (Å²) < 4.78 is 10.6. The molecule has 0 amide bonds. The van der Waals surface area contributed by atoms with Crippen molar-refractivity contribution in [1.29, 1.82) is 0 Å². The van der Waals surface area contributed by atoms with Gasteiger partial charge in [0.2, 0.25) is 0 Å². The fraction of sp³-hybridized carbons (Fsp3) is 0.588. The van der Waals surface area contributed by atoms with Gasteiger partial charge in [-0.2, -0.15) is 0 Å². The molecular formula is C17H26O3. The summed E-state index contributed by atoms with van der Waals surface area (Å²) >= 11 is 0. The molecule has 0 saturated heterocycles. The molecule has 0 aliphatic heterocycles. The van der Waals surface area contributed by atoms with Gasteiger partial charge < -0.3 is 9.47 Å². The molecule has 0 unspecified atom stereocenters. The van der Waals surface area contributed by atoms with Crippen molar-refractivity contribution in [3.8, 4) is 5.75 Å². The normalized spacial score (nSPS) is 10.4. The van der Waals surface area contributed by atoms with Crippen molar-refractivity contribution in [1.82, 2.24) is 0 Å². The molecule has 0 aliphatic rings. The van der Waals surface area contributed by atoms with Crippen LogP contribution in [0.2, 0.25) is 0 Å². The highest BCUT2D eigenvalue weighted by Crippen LogP contribution is 2.22. The molecule has 1 aromatic carbocycles. The number of esters is 1. The Morgan fingerprint density at radius 3 is 2.20 bits per heavy atom.